The smallest absolute Gasteiger partial charge is 0.261 e. The molecule has 0 aromatic heterocycles. The first-order chi connectivity index (χ1) is 9.42. The number of hydrogen-bond acceptors (Lipinski definition) is 3. The fourth-order valence-corrected chi connectivity index (χ4v) is 3.27. The second-order valence-electron chi connectivity index (χ2n) is 3.86. The van der Waals surface area contributed by atoms with Crippen LogP contribution in [0.1, 0.15) is 5.56 Å². The van der Waals surface area contributed by atoms with Crippen molar-refractivity contribution in [2.24, 2.45) is 0 Å². The Morgan fingerprint density at radius 3 is 2.60 bits per heavy atom. The zero-order chi connectivity index (χ0) is 14.8. The van der Waals surface area contributed by atoms with E-state index in [4.69, 9.17) is 16.9 Å². The maximum atomic E-state index is 12.2. The number of benzene rings is 2. The second kappa shape index (κ2) is 5.83. The molecule has 1 N–H and O–H groups in total. The Morgan fingerprint density at radius 2 is 1.95 bits per heavy atom. The summed E-state index contributed by atoms with van der Waals surface area (Å²) in [6.45, 7) is 0. The lowest BCUT2D eigenvalue weighted by atomic mass is 10.2. The number of hydrogen-bond donors (Lipinski definition) is 1. The largest absolute Gasteiger partial charge is 0.278 e. The molecule has 0 amide bonds. The highest BCUT2D eigenvalue weighted by Gasteiger charge is 2.16. The zero-order valence-electron chi connectivity index (χ0n) is 9.97. The van der Waals surface area contributed by atoms with Crippen molar-refractivity contribution >= 4 is 43.2 Å². The van der Waals surface area contributed by atoms with Crippen LogP contribution in [-0.4, -0.2) is 8.42 Å². The van der Waals surface area contributed by atoms with Gasteiger partial charge in [-0.1, -0.05) is 33.6 Å². The summed E-state index contributed by atoms with van der Waals surface area (Å²) < 4.78 is 27.5. The average molecular weight is 372 g/mol. The molecule has 0 aliphatic heterocycles. The molecule has 0 saturated heterocycles. The molecular formula is C13H8BrClN2O2S. The Bertz CT molecular complexity index is 800. The Hall–Kier alpha value is -1.55. The van der Waals surface area contributed by atoms with Gasteiger partial charge in [0.2, 0.25) is 0 Å². The van der Waals surface area contributed by atoms with Crippen LogP contribution in [0.25, 0.3) is 0 Å². The third kappa shape index (κ3) is 3.31. The van der Waals surface area contributed by atoms with Crippen molar-refractivity contribution < 1.29 is 8.42 Å². The summed E-state index contributed by atoms with van der Waals surface area (Å²) in [6.07, 6.45) is 0. The molecule has 0 saturated carbocycles. The van der Waals surface area contributed by atoms with Crippen LogP contribution in [0.2, 0.25) is 5.02 Å². The predicted molar refractivity (Wildman–Crippen MR) is 81.1 cm³/mol. The highest BCUT2D eigenvalue weighted by Crippen LogP contribution is 2.24. The van der Waals surface area contributed by atoms with Gasteiger partial charge in [0.25, 0.3) is 10.0 Å². The van der Waals surface area contributed by atoms with Gasteiger partial charge in [-0.15, -0.1) is 0 Å². The normalized spacial score (nSPS) is 10.8. The van der Waals surface area contributed by atoms with Gasteiger partial charge in [0.15, 0.2) is 0 Å². The number of anilines is 1. The molecule has 102 valence electrons. The molecule has 2 aromatic carbocycles. The monoisotopic (exact) mass is 370 g/mol. The summed E-state index contributed by atoms with van der Waals surface area (Å²) in [5.74, 6) is 0. The topological polar surface area (TPSA) is 70.0 Å². The highest BCUT2D eigenvalue weighted by atomic mass is 79.9. The van der Waals surface area contributed by atoms with E-state index in [9.17, 15) is 8.42 Å². The SMILES string of the molecule is N#Cc1ccc(Br)cc1NS(=O)(=O)c1cccc(Cl)c1. The van der Waals surface area contributed by atoms with Gasteiger partial charge in [0, 0.05) is 9.50 Å². The first kappa shape index (κ1) is 14.9. The van der Waals surface area contributed by atoms with Crippen LogP contribution >= 0.6 is 27.5 Å². The van der Waals surface area contributed by atoms with Crippen LogP contribution in [0.15, 0.2) is 51.8 Å². The molecule has 0 bridgehead atoms. The Kier molecular flexibility index (Phi) is 4.33. The summed E-state index contributed by atoms with van der Waals surface area (Å²) in [5, 5.41) is 9.32. The molecule has 4 nitrogen and oxygen atoms in total. The van der Waals surface area contributed by atoms with Gasteiger partial charge in [-0.3, -0.25) is 4.72 Å². The average Bonchev–Trinajstić information content (AvgIpc) is 2.38. The van der Waals surface area contributed by atoms with Crippen molar-refractivity contribution in [1.29, 1.82) is 5.26 Å². The van der Waals surface area contributed by atoms with Crippen molar-refractivity contribution in [2.75, 3.05) is 4.72 Å². The molecule has 0 radical (unpaired) electrons. The Labute approximate surface area is 130 Å². The van der Waals surface area contributed by atoms with Gasteiger partial charge in [0.1, 0.15) is 6.07 Å². The van der Waals surface area contributed by atoms with Gasteiger partial charge >= 0.3 is 0 Å². The van der Waals surface area contributed by atoms with Gasteiger partial charge < -0.3 is 0 Å². The number of sulfonamides is 1. The van der Waals surface area contributed by atoms with Gasteiger partial charge in [-0.25, -0.2) is 8.42 Å². The predicted octanol–water partition coefficient (Wildman–Crippen LogP) is 3.77. The third-order valence-electron chi connectivity index (χ3n) is 2.45. The molecule has 20 heavy (non-hydrogen) atoms. The van der Waals surface area contributed by atoms with Crippen molar-refractivity contribution in [2.45, 2.75) is 4.90 Å². The quantitative estimate of drug-likeness (QED) is 0.892. The molecule has 0 spiro atoms. The first-order valence-corrected chi connectivity index (χ1v) is 8.06. The zero-order valence-corrected chi connectivity index (χ0v) is 13.1. The van der Waals surface area contributed by atoms with Crippen molar-refractivity contribution in [3.05, 3.63) is 57.5 Å². The standard InChI is InChI=1S/C13H8BrClN2O2S/c14-10-5-4-9(8-16)13(6-10)17-20(18,19)12-3-1-2-11(15)7-12/h1-7,17H. The van der Waals surface area contributed by atoms with E-state index in [0.29, 0.717) is 9.50 Å². The van der Waals surface area contributed by atoms with Crippen molar-refractivity contribution in [1.82, 2.24) is 0 Å². The van der Waals surface area contributed by atoms with Gasteiger partial charge in [0.05, 0.1) is 16.1 Å². The fraction of sp³-hybridized carbons (Fsp3) is 0. The van der Waals surface area contributed by atoms with Crippen LogP contribution in [0, 0.1) is 11.3 Å². The Balaban J connectivity index is 2.44. The Morgan fingerprint density at radius 1 is 1.20 bits per heavy atom. The van der Waals surface area contributed by atoms with E-state index >= 15 is 0 Å². The van der Waals surface area contributed by atoms with E-state index in [1.165, 1.54) is 24.3 Å². The van der Waals surface area contributed by atoms with Gasteiger partial charge in [-0.05, 0) is 36.4 Å². The molecule has 0 heterocycles. The van der Waals surface area contributed by atoms with Crippen molar-refractivity contribution in [3.63, 3.8) is 0 Å². The molecule has 0 aliphatic carbocycles. The summed E-state index contributed by atoms with van der Waals surface area (Å²) in [4.78, 5) is 0.0360. The highest BCUT2D eigenvalue weighted by molar-refractivity contribution is 9.10. The molecule has 0 atom stereocenters. The summed E-state index contributed by atoms with van der Waals surface area (Å²) in [7, 11) is -3.79. The lowest BCUT2D eigenvalue weighted by molar-refractivity contribution is 0.601. The van der Waals surface area contributed by atoms with Crippen LogP contribution in [0.5, 0.6) is 0 Å². The molecular weight excluding hydrogens is 364 g/mol. The fourth-order valence-electron chi connectivity index (χ4n) is 1.54. The van der Waals surface area contributed by atoms with E-state index < -0.39 is 10.0 Å². The van der Waals surface area contributed by atoms with E-state index in [2.05, 4.69) is 20.7 Å². The van der Waals surface area contributed by atoms with Crippen molar-refractivity contribution in [3.8, 4) is 6.07 Å². The third-order valence-corrected chi connectivity index (χ3v) is 4.54. The minimum atomic E-state index is -3.79. The van der Waals surface area contributed by atoms with Crippen LogP contribution < -0.4 is 4.72 Å². The first-order valence-electron chi connectivity index (χ1n) is 5.40. The molecule has 0 unspecified atom stereocenters. The number of nitrogens with zero attached hydrogens (tertiary/aromatic N) is 1. The van der Waals surface area contributed by atoms with E-state index in [1.807, 2.05) is 6.07 Å². The van der Waals surface area contributed by atoms with Crippen LogP contribution in [-0.2, 0) is 10.0 Å². The number of nitriles is 1. The summed E-state index contributed by atoms with van der Waals surface area (Å²) in [6, 6.07) is 12.6. The number of rotatable bonds is 3. The number of nitrogens with one attached hydrogen (secondary N) is 1. The minimum Gasteiger partial charge on any atom is -0.278 e. The maximum absolute atomic E-state index is 12.2. The number of halogens is 2. The minimum absolute atomic E-state index is 0.0360. The molecule has 7 heteroatoms. The lowest BCUT2D eigenvalue weighted by Gasteiger charge is -2.10. The van der Waals surface area contributed by atoms with E-state index in [-0.39, 0.29) is 16.1 Å². The second-order valence-corrected chi connectivity index (χ2v) is 6.90. The molecule has 0 aliphatic rings. The van der Waals surface area contributed by atoms with E-state index in [0.717, 1.165) is 0 Å². The molecule has 0 fully saturated rings. The summed E-state index contributed by atoms with van der Waals surface area (Å²) >= 11 is 9.02. The summed E-state index contributed by atoms with van der Waals surface area (Å²) in [5.41, 5.74) is 0.445. The lowest BCUT2D eigenvalue weighted by Crippen LogP contribution is -2.13. The maximum Gasteiger partial charge on any atom is 0.261 e. The van der Waals surface area contributed by atoms with Crippen LogP contribution in [0.3, 0.4) is 0 Å². The van der Waals surface area contributed by atoms with Gasteiger partial charge in [-0.2, -0.15) is 5.26 Å². The van der Waals surface area contributed by atoms with Crippen LogP contribution in [0.4, 0.5) is 5.69 Å². The van der Waals surface area contributed by atoms with E-state index in [1.54, 1.807) is 18.2 Å². The molecule has 2 aromatic rings. The molecule has 2 rings (SSSR count).